The Balaban J connectivity index is 2.84. The van der Waals surface area contributed by atoms with E-state index in [2.05, 4.69) is 33.9 Å². The molecule has 0 radical (unpaired) electrons. The zero-order valence-corrected chi connectivity index (χ0v) is 9.75. The fourth-order valence-corrected chi connectivity index (χ4v) is 2.28. The number of pyridine rings is 1. The Kier molecular flexibility index (Phi) is 2.33. The van der Waals surface area contributed by atoms with Crippen molar-refractivity contribution < 1.29 is 0 Å². The molecule has 4 heteroatoms. The molecular formula is C10H12BrN3. The van der Waals surface area contributed by atoms with Gasteiger partial charge >= 0.3 is 0 Å². The summed E-state index contributed by atoms with van der Waals surface area (Å²) in [5.41, 5.74) is 8.13. The molecule has 1 atom stereocenters. The Bertz CT molecular complexity index is 473. The number of imidazole rings is 1. The molecule has 0 aliphatic heterocycles. The molecule has 1 unspecified atom stereocenters. The lowest BCUT2D eigenvalue weighted by Crippen LogP contribution is -2.09. The molecule has 0 spiro atoms. The van der Waals surface area contributed by atoms with Crippen molar-refractivity contribution in [1.29, 1.82) is 0 Å². The third-order valence-electron chi connectivity index (χ3n) is 2.26. The summed E-state index contributed by atoms with van der Waals surface area (Å²) < 4.78 is 2.90. The molecule has 3 nitrogen and oxygen atoms in total. The number of hydrogen-bond acceptors (Lipinski definition) is 2. The number of fused-ring (bicyclic) bond motifs is 1. The lowest BCUT2D eigenvalue weighted by Gasteiger charge is -2.04. The van der Waals surface area contributed by atoms with Crippen molar-refractivity contribution in [2.24, 2.45) is 5.73 Å². The standard InChI is InChI=1S/C10H12BrN3/c1-6-4-3-5-14-8(6)9(11)13-10(14)7(2)12/h3-5,7H,12H2,1-2H3. The van der Waals surface area contributed by atoms with Gasteiger partial charge in [-0.25, -0.2) is 4.98 Å². The van der Waals surface area contributed by atoms with Crippen LogP contribution >= 0.6 is 15.9 Å². The molecule has 0 amide bonds. The van der Waals surface area contributed by atoms with Gasteiger partial charge in [-0.15, -0.1) is 0 Å². The summed E-state index contributed by atoms with van der Waals surface area (Å²) in [5, 5.41) is 0. The average molecular weight is 254 g/mol. The van der Waals surface area contributed by atoms with Crippen LogP contribution in [0.3, 0.4) is 0 Å². The predicted molar refractivity (Wildman–Crippen MR) is 60.2 cm³/mol. The minimum absolute atomic E-state index is 0.0596. The molecule has 0 aromatic carbocycles. The second-order valence-electron chi connectivity index (χ2n) is 3.46. The van der Waals surface area contributed by atoms with E-state index in [0.29, 0.717) is 0 Å². The third kappa shape index (κ3) is 1.35. The highest BCUT2D eigenvalue weighted by atomic mass is 79.9. The van der Waals surface area contributed by atoms with Crippen LogP contribution in [0.1, 0.15) is 24.4 Å². The number of nitrogens with two attached hydrogens (primary N) is 1. The second kappa shape index (κ2) is 3.37. The van der Waals surface area contributed by atoms with Crippen molar-refractivity contribution in [3.63, 3.8) is 0 Å². The molecule has 2 aromatic heterocycles. The summed E-state index contributed by atoms with van der Waals surface area (Å²) in [7, 11) is 0. The lowest BCUT2D eigenvalue weighted by molar-refractivity contribution is 0.734. The Morgan fingerprint density at radius 2 is 2.29 bits per heavy atom. The van der Waals surface area contributed by atoms with Gasteiger partial charge in [0.25, 0.3) is 0 Å². The van der Waals surface area contributed by atoms with E-state index in [1.165, 1.54) is 5.56 Å². The van der Waals surface area contributed by atoms with Crippen LogP contribution in [-0.4, -0.2) is 9.38 Å². The van der Waals surface area contributed by atoms with Crippen LogP contribution in [0.25, 0.3) is 5.52 Å². The molecule has 2 rings (SSSR count). The predicted octanol–water partition coefficient (Wildman–Crippen LogP) is 2.42. The largest absolute Gasteiger partial charge is 0.322 e. The topological polar surface area (TPSA) is 43.3 Å². The summed E-state index contributed by atoms with van der Waals surface area (Å²) in [5.74, 6) is 0.885. The molecule has 0 saturated heterocycles. The van der Waals surface area contributed by atoms with Gasteiger partial charge in [-0.05, 0) is 41.4 Å². The normalized spacial score (nSPS) is 13.4. The molecule has 0 saturated carbocycles. The van der Waals surface area contributed by atoms with Crippen LogP contribution in [0, 0.1) is 6.92 Å². The van der Waals surface area contributed by atoms with E-state index in [4.69, 9.17) is 5.73 Å². The fraction of sp³-hybridized carbons (Fsp3) is 0.300. The zero-order chi connectivity index (χ0) is 10.3. The number of nitrogens with zero attached hydrogens (tertiary/aromatic N) is 2. The van der Waals surface area contributed by atoms with Crippen LogP contribution in [-0.2, 0) is 0 Å². The Morgan fingerprint density at radius 3 is 2.93 bits per heavy atom. The minimum atomic E-state index is -0.0596. The van der Waals surface area contributed by atoms with Gasteiger partial charge < -0.3 is 10.1 Å². The van der Waals surface area contributed by atoms with E-state index in [-0.39, 0.29) is 6.04 Å². The van der Waals surface area contributed by atoms with E-state index in [0.717, 1.165) is 15.9 Å². The Labute approximate surface area is 91.1 Å². The van der Waals surface area contributed by atoms with Gasteiger partial charge in [0, 0.05) is 6.20 Å². The first-order valence-electron chi connectivity index (χ1n) is 4.50. The molecule has 14 heavy (non-hydrogen) atoms. The summed E-state index contributed by atoms with van der Waals surface area (Å²) in [6, 6.07) is 4.00. The Hall–Kier alpha value is -0.870. The third-order valence-corrected chi connectivity index (χ3v) is 2.81. The second-order valence-corrected chi connectivity index (χ2v) is 4.21. The number of aromatic nitrogens is 2. The summed E-state index contributed by atoms with van der Waals surface area (Å²) in [4.78, 5) is 4.40. The number of aryl methyl sites for hydroxylation is 1. The first-order chi connectivity index (χ1) is 6.61. The fourth-order valence-electron chi connectivity index (χ4n) is 1.60. The van der Waals surface area contributed by atoms with Gasteiger partial charge in [0.2, 0.25) is 0 Å². The molecular weight excluding hydrogens is 242 g/mol. The van der Waals surface area contributed by atoms with E-state index in [1.54, 1.807) is 0 Å². The SMILES string of the molecule is Cc1cccn2c(C(C)N)nc(Br)c12. The first-order valence-corrected chi connectivity index (χ1v) is 5.29. The van der Waals surface area contributed by atoms with Crippen molar-refractivity contribution in [3.05, 3.63) is 34.3 Å². The molecule has 2 heterocycles. The molecule has 0 aliphatic rings. The van der Waals surface area contributed by atoms with Gasteiger partial charge in [-0.3, -0.25) is 0 Å². The lowest BCUT2D eigenvalue weighted by atomic mass is 10.2. The van der Waals surface area contributed by atoms with E-state index in [1.807, 2.05) is 23.6 Å². The van der Waals surface area contributed by atoms with Gasteiger partial charge in [0.1, 0.15) is 10.4 Å². The minimum Gasteiger partial charge on any atom is -0.322 e. The van der Waals surface area contributed by atoms with E-state index >= 15 is 0 Å². The Morgan fingerprint density at radius 1 is 1.57 bits per heavy atom. The van der Waals surface area contributed by atoms with Crippen LogP contribution < -0.4 is 5.73 Å². The van der Waals surface area contributed by atoms with Crippen molar-refractivity contribution in [2.75, 3.05) is 0 Å². The number of rotatable bonds is 1. The maximum absolute atomic E-state index is 5.84. The number of hydrogen-bond donors (Lipinski definition) is 1. The molecule has 0 aliphatic carbocycles. The molecule has 0 bridgehead atoms. The van der Waals surface area contributed by atoms with Crippen LogP contribution in [0.4, 0.5) is 0 Å². The smallest absolute Gasteiger partial charge is 0.132 e. The van der Waals surface area contributed by atoms with Crippen molar-refractivity contribution in [2.45, 2.75) is 19.9 Å². The van der Waals surface area contributed by atoms with Gasteiger partial charge in [-0.2, -0.15) is 0 Å². The first kappa shape index (κ1) is 9.68. The highest BCUT2D eigenvalue weighted by Crippen LogP contribution is 2.24. The highest BCUT2D eigenvalue weighted by Gasteiger charge is 2.12. The average Bonchev–Trinajstić information content (AvgIpc) is 2.45. The monoisotopic (exact) mass is 253 g/mol. The molecule has 74 valence electrons. The molecule has 2 aromatic rings. The van der Waals surface area contributed by atoms with Crippen molar-refractivity contribution in [3.8, 4) is 0 Å². The van der Waals surface area contributed by atoms with E-state index in [9.17, 15) is 0 Å². The zero-order valence-electron chi connectivity index (χ0n) is 8.16. The summed E-state index contributed by atoms with van der Waals surface area (Å²) in [6.07, 6.45) is 1.98. The van der Waals surface area contributed by atoms with Crippen LogP contribution in [0.2, 0.25) is 0 Å². The maximum Gasteiger partial charge on any atom is 0.132 e. The van der Waals surface area contributed by atoms with Crippen molar-refractivity contribution >= 4 is 21.4 Å². The van der Waals surface area contributed by atoms with Crippen LogP contribution in [0.15, 0.2) is 22.9 Å². The van der Waals surface area contributed by atoms with Crippen molar-refractivity contribution in [1.82, 2.24) is 9.38 Å². The maximum atomic E-state index is 5.84. The van der Waals surface area contributed by atoms with Gasteiger partial charge in [0.15, 0.2) is 0 Å². The molecule has 2 N–H and O–H groups in total. The summed E-state index contributed by atoms with van der Waals surface area (Å²) >= 11 is 3.45. The van der Waals surface area contributed by atoms with Gasteiger partial charge in [-0.1, -0.05) is 6.07 Å². The number of halogens is 1. The summed E-state index contributed by atoms with van der Waals surface area (Å²) in [6.45, 7) is 4.00. The van der Waals surface area contributed by atoms with Crippen LogP contribution in [0.5, 0.6) is 0 Å². The van der Waals surface area contributed by atoms with E-state index < -0.39 is 0 Å². The quantitative estimate of drug-likeness (QED) is 0.849. The van der Waals surface area contributed by atoms with Gasteiger partial charge in [0.05, 0.1) is 11.6 Å². The highest BCUT2D eigenvalue weighted by molar-refractivity contribution is 9.10. The molecule has 0 fully saturated rings.